The molecule has 21 heavy (non-hydrogen) atoms. The SMILES string of the molecule is Cc1cccc(N)c1C.NCCN.NCCN.NCCN. The molecule has 0 heterocycles. The summed E-state index contributed by atoms with van der Waals surface area (Å²) in [6.07, 6.45) is 0. The minimum absolute atomic E-state index is 0.597. The summed E-state index contributed by atoms with van der Waals surface area (Å²) in [5.74, 6) is 0. The maximum atomic E-state index is 5.62. The van der Waals surface area contributed by atoms with Crippen molar-refractivity contribution in [1.82, 2.24) is 0 Å². The zero-order chi connectivity index (χ0) is 17.1. The first-order chi connectivity index (χ1) is 9.96. The minimum Gasteiger partial charge on any atom is -0.399 e. The molecule has 0 bridgehead atoms. The number of aryl methyl sites for hydroxylation is 1. The molecule has 126 valence electrons. The van der Waals surface area contributed by atoms with Gasteiger partial charge in [-0.25, -0.2) is 0 Å². The second kappa shape index (κ2) is 21.1. The van der Waals surface area contributed by atoms with Crippen molar-refractivity contribution in [3.05, 3.63) is 29.3 Å². The molecular formula is C14H35N7. The molecule has 0 amide bonds. The maximum Gasteiger partial charge on any atom is 0.0346 e. The third-order valence-electron chi connectivity index (χ3n) is 2.15. The van der Waals surface area contributed by atoms with Gasteiger partial charge in [0.25, 0.3) is 0 Å². The molecule has 0 spiro atoms. The van der Waals surface area contributed by atoms with Gasteiger partial charge in [0.15, 0.2) is 0 Å². The predicted octanol–water partition coefficient (Wildman–Crippen LogP) is -1.40. The lowest BCUT2D eigenvalue weighted by molar-refractivity contribution is 0.976. The summed E-state index contributed by atoms with van der Waals surface area (Å²) >= 11 is 0. The van der Waals surface area contributed by atoms with Crippen molar-refractivity contribution < 1.29 is 0 Å². The standard InChI is InChI=1S/C8H11N.3C2H8N2/c1-6-4-3-5-8(9)7(6)2;3*3-1-2-4/h3-5H,9H2,1-2H3;3*1-4H2. The van der Waals surface area contributed by atoms with Crippen molar-refractivity contribution in [2.75, 3.05) is 45.0 Å². The number of nitrogen functional groups attached to an aromatic ring is 1. The van der Waals surface area contributed by atoms with Gasteiger partial charge in [-0.15, -0.1) is 0 Å². The fourth-order valence-corrected chi connectivity index (χ4v) is 0.774. The predicted molar refractivity (Wildman–Crippen MR) is 94.7 cm³/mol. The lowest BCUT2D eigenvalue weighted by Gasteiger charge is -2.00. The second-order valence-electron chi connectivity index (χ2n) is 4.02. The van der Waals surface area contributed by atoms with Crippen LogP contribution in [-0.4, -0.2) is 39.3 Å². The van der Waals surface area contributed by atoms with Crippen LogP contribution in [0, 0.1) is 13.8 Å². The van der Waals surface area contributed by atoms with Crippen LogP contribution in [0.15, 0.2) is 18.2 Å². The molecule has 1 aromatic rings. The fraction of sp³-hybridized carbons (Fsp3) is 0.571. The van der Waals surface area contributed by atoms with Gasteiger partial charge in [-0.05, 0) is 31.0 Å². The Hall–Kier alpha value is -1.22. The number of nitrogens with two attached hydrogens (primary N) is 7. The lowest BCUT2D eigenvalue weighted by atomic mass is 10.1. The van der Waals surface area contributed by atoms with Crippen LogP contribution in [0.3, 0.4) is 0 Å². The molecule has 0 aliphatic carbocycles. The van der Waals surface area contributed by atoms with Crippen LogP contribution in [0.2, 0.25) is 0 Å². The monoisotopic (exact) mass is 301 g/mol. The summed E-state index contributed by atoms with van der Waals surface area (Å²) in [4.78, 5) is 0. The van der Waals surface area contributed by atoms with Crippen molar-refractivity contribution >= 4 is 5.69 Å². The Balaban J connectivity index is -0.000000230. The number of hydrogen-bond donors (Lipinski definition) is 7. The Morgan fingerprint density at radius 2 is 1.00 bits per heavy atom. The number of rotatable bonds is 3. The largest absolute Gasteiger partial charge is 0.399 e. The Labute approximate surface area is 129 Å². The molecule has 1 rings (SSSR count). The highest BCUT2D eigenvalue weighted by atomic mass is 14.6. The Morgan fingerprint density at radius 1 is 0.667 bits per heavy atom. The van der Waals surface area contributed by atoms with Gasteiger partial charge in [-0.1, -0.05) is 12.1 Å². The molecule has 0 aliphatic rings. The second-order valence-corrected chi connectivity index (χ2v) is 4.02. The molecule has 7 heteroatoms. The summed E-state index contributed by atoms with van der Waals surface area (Å²) in [6.45, 7) is 7.68. The first kappa shape index (κ1) is 24.8. The summed E-state index contributed by atoms with van der Waals surface area (Å²) < 4.78 is 0. The Bertz CT molecular complexity index is 270. The van der Waals surface area contributed by atoms with Crippen LogP contribution in [0.5, 0.6) is 0 Å². The highest BCUT2D eigenvalue weighted by Gasteiger charge is 1.92. The zero-order valence-electron chi connectivity index (χ0n) is 13.5. The van der Waals surface area contributed by atoms with E-state index in [1.54, 1.807) is 0 Å². The lowest BCUT2D eigenvalue weighted by Crippen LogP contribution is -2.11. The van der Waals surface area contributed by atoms with Crippen molar-refractivity contribution in [3.63, 3.8) is 0 Å². The number of anilines is 1. The Morgan fingerprint density at radius 3 is 1.19 bits per heavy atom. The summed E-state index contributed by atoms with van der Waals surface area (Å²) in [6, 6.07) is 5.95. The van der Waals surface area contributed by atoms with Gasteiger partial charge in [-0.3, -0.25) is 0 Å². The Kier molecular flexibility index (Phi) is 24.9. The fourth-order valence-electron chi connectivity index (χ4n) is 0.774. The third-order valence-corrected chi connectivity index (χ3v) is 2.15. The van der Waals surface area contributed by atoms with Crippen molar-refractivity contribution in [3.8, 4) is 0 Å². The third kappa shape index (κ3) is 21.2. The molecule has 0 fully saturated rings. The van der Waals surface area contributed by atoms with Crippen LogP contribution in [0.25, 0.3) is 0 Å². The molecule has 0 radical (unpaired) electrons. The average molecular weight is 301 g/mol. The van der Waals surface area contributed by atoms with Gasteiger partial charge >= 0.3 is 0 Å². The normalized spacial score (nSPS) is 8.38. The molecule has 0 aliphatic heterocycles. The van der Waals surface area contributed by atoms with E-state index in [4.69, 9.17) is 40.1 Å². The summed E-state index contributed by atoms with van der Waals surface area (Å²) in [5, 5.41) is 0. The summed E-state index contributed by atoms with van der Waals surface area (Å²) in [5.41, 5.74) is 38.4. The number of hydrogen-bond acceptors (Lipinski definition) is 7. The smallest absolute Gasteiger partial charge is 0.0346 e. The highest BCUT2D eigenvalue weighted by molar-refractivity contribution is 5.49. The first-order valence-electron chi connectivity index (χ1n) is 6.98. The van der Waals surface area contributed by atoms with Crippen LogP contribution < -0.4 is 40.1 Å². The van der Waals surface area contributed by atoms with E-state index < -0.39 is 0 Å². The van der Waals surface area contributed by atoms with Crippen LogP contribution >= 0.6 is 0 Å². The van der Waals surface area contributed by atoms with E-state index >= 15 is 0 Å². The highest BCUT2D eigenvalue weighted by Crippen LogP contribution is 2.13. The van der Waals surface area contributed by atoms with Gasteiger partial charge < -0.3 is 40.1 Å². The van der Waals surface area contributed by atoms with Crippen LogP contribution in [-0.2, 0) is 0 Å². The van der Waals surface area contributed by atoms with Crippen molar-refractivity contribution in [2.24, 2.45) is 34.4 Å². The average Bonchev–Trinajstić information content (AvgIpc) is 2.53. The number of benzene rings is 1. The van der Waals surface area contributed by atoms with Gasteiger partial charge in [0.05, 0.1) is 0 Å². The van der Waals surface area contributed by atoms with Gasteiger partial charge in [0.2, 0.25) is 0 Å². The summed E-state index contributed by atoms with van der Waals surface area (Å²) in [7, 11) is 0. The molecule has 0 unspecified atom stereocenters. The molecule has 0 atom stereocenters. The molecule has 0 saturated carbocycles. The van der Waals surface area contributed by atoms with E-state index in [1.165, 1.54) is 11.1 Å². The van der Waals surface area contributed by atoms with E-state index in [0.717, 1.165) is 5.69 Å². The van der Waals surface area contributed by atoms with Crippen LogP contribution in [0.4, 0.5) is 5.69 Å². The van der Waals surface area contributed by atoms with Crippen molar-refractivity contribution in [1.29, 1.82) is 0 Å². The quantitative estimate of drug-likeness (QED) is 0.335. The van der Waals surface area contributed by atoms with E-state index in [1.807, 2.05) is 19.1 Å². The van der Waals surface area contributed by atoms with E-state index in [0.29, 0.717) is 39.3 Å². The van der Waals surface area contributed by atoms with Gasteiger partial charge in [0.1, 0.15) is 0 Å². The maximum absolute atomic E-state index is 5.62. The minimum atomic E-state index is 0.597. The zero-order valence-corrected chi connectivity index (χ0v) is 13.5. The molecule has 7 nitrogen and oxygen atoms in total. The van der Waals surface area contributed by atoms with E-state index in [-0.39, 0.29) is 0 Å². The van der Waals surface area contributed by atoms with Crippen LogP contribution in [0.1, 0.15) is 11.1 Å². The molecular weight excluding hydrogens is 266 g/mol. The molecule has 0 aromatic heterocycles. The van der Waals surface area contributed by atoms with Gasteiger partial charge in [0, 0.05) is 45.0 Å². The van der Waals surface area contributed by atoms with Gasteiger partial charge in [-0.2, -0.15) is 0 Å². The molecule has 14 N–H and O–H groups in total. The first-order valence-corrected chi connectivity index (χ1v) is 6.98. The topological polar surface area (TPSA) is 182 Å². The molecule has 1 aromatic carbocycles. The van der Waals surface area contributed by atoms with Crippen molar-refractivity contribution in [2.45, 2.75) is 13.8 Å². The van der Waals surface area contributed by atoms with E-state index in [2.05, 4.69) is 13.0 Å². The molecule has 0 saturated heterocycles. The van der Waals surface area contributed by atoms with E-state index in [9.17, 15) is 0 Å².